The molecule has 0 unspecified atom stereocenters. The molecule has 1 saturated heterocycles. The van der Waals surface area contributed by atoms with E-state index >= 15 is 0 Å². The molecule has 0 spiro atoms. The zero-order valence-electron chi connectivity index (χ0n) is 20.1. The highest BCUT2D eigenvalue weighted by Crippen LogP contribution is 2.27. The zero-order chi connectivity index (χ0) is 22.8. The van der Waals surface area contributed by atoms with Gasteiger partial charge in [-0.15, -0.1) is 0 Å². The molecule has 5 atom stereocenters. The van der Waals surface area contributed by atoms with E-state index in [2.05, 4.69) is 31.3 Å². The van der Waals surface area contributed by atoms with Crippen molar-refractivity contribution in [3.8, 4) is 0 Å². The molecule has 0 aromatic heterocycles. The van der Waals surface area contributed by atoms with Gasteiger partial charge in [0, 0.05) is 26.1 Å². The van der Waals surface area contributed by atoms with Crippen LogP contribution >= 0.6 is 0 Å². The average Bonchev–Trinajstić information content (AvgIpc) is 3.24. The minimum atomic E-state index is -0.318. The van der Waals surface area contributed by atoms with Crippen molar-refractivity contribution in [1.29, 1.82) is 0 Å². The summed E-state index contributed by atoms with van der Waals surface area (Å²) < 4.78 is 5.80. The molecule has 0 saturated carbocycles. The van der Waals surface area contributed by atoms with Crippen molar-refractivity contribution < 1.29 is 14.3 Å². The lowest BCUT2D eigenvalue weighted by molar-refractivity contribution is -0.140. The van der Waals surface area contributed by atoms with Crippen LogP contribution in [-0.4, -0.2) is 48.6 Å². The first-order chi connectivity index (χ1) is 14.9. The maximum atomic E-state index is 13.0. The van der Waals surface area contributed by atoms with Crippen LogP contribution in [0.5, 0.6) is 0 Å². The second-order valence-corrected chi connectivity index (χ2v) is 9.29. The lowest BCUT2D eigenvalue weighted by Gasteiger charge is -2.34. The number of methoxy groups -OCH3 is 1. The summed E-state index contributed by atoms with van der Waals surface area (Å²) in [5.41, 5.74) is 1.20. The normalized spacial score (nSPS) is 20.2. The lowest BCUT2D eigenvalue weighted by atomic mass is 9.94. The first-order valence-electron chi connectivity index (χ1n) is 12.0. The van der Waals surface area contributed by atoms with Crippen molar-refractivity contribution in [3.63, 3.8) is 0 Å². The van der Waals surface area contributed by atoms with Gasteiger partial charge in [0.1, 0.15) is 0 Å². The standard InChI is InChI=1S/C26H42N2O3/c1-6-19(2)12-10-16-24(29)28-17-11-15-23(28)25(31-5)21(4)26(30)27-20(3)18-22-13-8-7-9-14-22/h7-9,13-14,19-21,23,25H,6,10-12,15-18H2,1-5H3,(H,27,30)/t19-,20+,21+,23-,25+/m1/s1. The molecule has 2 rings (SSSR count). The summed E-state index contributed by atoms with van der Waals surface area (Å²) in [6.45, 7) is 9.15. The summed E-state index contributed by atoms with van der Waals surface area (Å²) in [4.78, 5) is 27.8. The van der Waals surface area contributed by atoms with Crippen LogP contribution in [0.1, 0.15) is 71.8 Å². The number of ether oxygens (including phenoxy) is 1. The minimum Gasteiger partial charge on any atom is -0.378 e. The Kier molecular flexibility index (Phi) is 10.5. The summed E-state index contributed by atoms with van der Waals surface area (Å²) >= 11 is 0. The third kappa shape index (κ3) is 7.64. The molecular weight excluding hydrogens is 388 g/mol. The molecule has 5 heteroatoms. The molecule has 1 aliphatic rings. The van der Waals surface area contributed by atoms with E-state index < -0.39 is 0 Å². The van der Waals surface area contributed by atoms with Gasteiger partial charge in [-0.25, -0.2) is 0 Å². The highest BCUT2D eigenvalue weighted by atomic mass is 16.5. The van der Waals surface area contributed by atoms with E-state index in [-0.39, 0.29) is 35.9 Å². The van der Waals surface area contributed by atoms with E-state index in [4.69, 9.17) is 4.74 Å². The van der Waals surface area contributed by atoms with Crippen molar-refractivity contribution in [2.24, 2.45) is 11.8 Å². The van der Waals surface area contributed by atoms with Crippen molar-refractivity contribution in [2.45, 2.75) is 90.8 Å². The Morgan fingerprint density at radius 1 is 1.19 bits per heavy atom. The fourth-order valence-electron chi connectivity index (χ4n) is 4.63. The van der Waals surface area contributed by atoms with E-state index in [9.17, 15) is 9.59 Å². The second kappa shape index (κ2) is 12.8. The van der Waals surface area contributed by atoms with E-state index in [0.29, 0.717) is 12.3 Å². The molecule has 0 radical (unpaired) electrons. The van der Waals surface area contributed by atoms with Crippen LogP contribution < -0.4 is 5.32 Å². The minimum absolute atomic E-state index is 0.00801. The number of nitrogens with one attached hydrogen (secondary N) is 1. The van der Waals surface area contributed by atoms with Crippen LogP contribution in [0.4, 0.5) is 0 Å². The van der Waals surface area contributed by atoms with Crippen LogP contribution in [-0.2, 0) is 20.7 Å². The fraction of sp³-hybridized carbons (Fsp3) is 0.692. The number of benzene rings is 1. The van der Waals surface area contributed by atoms with Crippen molar-refractivity contribution in [1.82, 2.24) is 10.2 Å². The van der Waals surface area contributed by atoms with Gasteiger partial charge in [-0.05, 0) is 44.1 Å². The smallest absolute Gasteiger partial charge is 0.225 e. The molecule has 1 aromatic carbocycles. The first kappa shape index (κ1) is 25.4. The highest BCUT2D eigenvalue weighted by Gasteiger charge is 2.39. The van der Waals surface area contributed by atoms with Crippen LogP contribution in [0.3, 0.4) is 0 Å². The Labute approximate surface area is 188 Å². The van der Waals surface area contributed by atoms with Crippen molar-refractivity contribution >= 4 is 11.8 Å². The number of hydrogen-bond donors (Lipinski definition) is 1. The third-order valence-electron chi connectivity index (χ3n) is 6.74. The monoisotopic (exact) mass is 430 g/mol. The Morgan fingerprint density at radius 3 is 2.55 bits per heavy atom. The van der Waals surface area contributed by atoms with E-state index in [0.717, 1.165) is 45.1 Å². The lowest BCUT2D eigenvalue weighted by Crippen LogP contribution is -2.50. The summed E-state index contributed by atoms with van der Waals surface area (Å²) in [5.74, 6) is 0.543. The third-order valence-corrected chi connectivity index (χ3v) is 6.74. The topological polar surface area (TPSA) is 58.6 Å². The molecule has 1 aliphatic heterocycles. The quantitative estimate of drug-likeness (QED) is 0.527. The first-order valence-corrected chi connectivity index (χ1v) is 12.0. The average molecular weight is 431 g/mol. The zero-order valence-corrected chi connectivity index (χ0v) is 20.1. The molecule has 1 aromatic rings. The van der Waals surface area contributed by atoms with Crippen LogP contribution in [0, 0.1) is 11.8 Å². The van der Waals surface area contributed by atoms with Gasteiger partial charge in [-0.1, -0.05) is 63.9 Å². The predicted octanol–water partition coefficient (Wildman–Crippen LogP) is 4.59. The maximum Gasteiger partial charge on any atom is 0.225 e. The van der Waals surface area contributed by atoms with Gasteiger partial charge in [0.15, 0.2) is 0 Å². The summed E-state index contributed by atoms with van der Waals surface area (Å²) in [7, 11) is 1.66. The van der Waals surface area contributed by atoms with Crippen LogP contribution in [0.2, 0.25) is 0 Å². The molecule has 31 heavy (non-hydrogen) atoms. The number of carbonyl (C=O) groups is 2. The maximum absolute atomic E-state index is 13.0. The largest absolute Gasteiger partial charge is 0.378 e. The number of amides is 2. The Hall–Kier alpha value is -1.88. The molecule has 1 fully saturated rings. The van der Waals surface area contributed by atoms with E-state index in [1.54, 1.807) is 7.11 Å². The van der Waals surface area contributed by atoms with Gasteiger partial charge in [-0.3, -0.25) is 9.59 Å². The Morgan fingerprint density at radius 2 is 1.90 bits per heavy atom. The SMILES string of the molecule is CC[C@@H](C)CCCC(=O)N1CCC[C@@H]1[C@@H](OC)[C@H](C)C(=O)N[C@@H](C)Cc1ccccc1. The van der Waals surface area contributed by atoms with E-state index in [1.165, 1.54) is 5.56 Å². The Balaban J connectivity index is 1.92. The van der Waals surface area contributed by atoms with E-state index in [1.807, 2.05) is 36.9 Å². The molecule has 1 N–H and O–H groups in total. The number of rotatable bonds is 12. The van der Waals surface area contributed by atoms with Crippen LogP contribution in [0.25, 0.3) is 0 Å². The number of carbonyl (C=O) groups excluding carboxylic acids is 2. The summed E-state index contributed by atoms with van der Waals surface area (Å²) in [6.07, 6.45) is 6.14. The molecular formula is C26H42N2O3. The van der Waals surface area contributed by atoms with Gasteiger partial charge in [0.2, 0.25) is 11.8 Å². The predicted molar refractivity (Wildman–Crippen MR) is 126 cm³/mol. The molecule has 5 nitrogen and oxygen atoms in total. The molecule has 2 amide bonds. The highest BCUT2D eigenvalue weighted by molar-refractivity contribution is 5.80. The summed E-state index contributed by atoms with van der Waals surface area (Å²) in [6, 6.07) is 10.2. The number of hydrogen-bond acceptors (Lipinski definition) is 3. The number of nitrogens with zero attached hydrogens (tertiary/aromatic N) is 1. The van der Waals surface area contributed by atoms with Gasteiger partial charge in [-0.2, -0.15) is 0 Å². The molecule has 1 heterocycles. The van der Waals surface area contributed by atoms with Crippen molar-refractivity contribution in [3.05, 3.63) is 35.9 Å². The van der Waals surface area contributed by atoms with Gasteiger partial charge in [0.25, 0.3) is 0 Å². The summed E-state index contributed by atoms with van der Waals surface area (Å²) in [5, 5.41) is 3.14. The fourth-order valence-corrected chi connectivity index (χ4v) is 4.63. The number of likely N-dealkylation sites (tertiary alicyclic amines) is 1. The van der Waals surface area contributed by atoms with Gasteiger partial charge in [0.05, 0.1) is 18.1 Å². The molecule has 174 valence electrons. The van der Waals surface area contributed by atoms with Crippen LogP contribution in [0.15, 0.2) is 30.3 Å². The van der Waals surface area contributed by atoms with Crippen molar-refractivity contribution in [2.75, 3.05) is 13.7 Å². The Bertz CT molecular complexity index is 678. The van der Waals surface area contributed by atoms with Gasteiger partial charge >= 0.3 is 0 Å². The van der Waals surface area contributed by atoms with Gasteiger partial charge < -0.3 is 15.0 Å². The second-order valence-electron chi connectivity index (χ2n) is 9.29. The molecule has 0 bridgehead atoms. The molecule has 0 aliphatic carbocycles.